The molecule has 0 saturated heterocycles. The molecule has 3 aromatic rings. The van der Waals surface area contributed by atoms with Crippen molar-refractivity contribution in [2.24, 2.45) is 15.2 Å². The summed E-state index contributed by atoms with van der Waals surface area (Å²) in [4.78, 5) is 4.38. The van der Waals surface area contributed by atoms with Gasteiger partial charge in [0.15, 0.2) is 11.5 Å². The number of rotatable bonds is 5. The van der Waals surface area contributed by atoms with Crippen molar-refractivity contribution in [1.29, 1.82) is 0 Å². The van der Waals surface area contributed by atoms with Crippen LogP contribution in [0.5, 0.6) is 11.5 Å². The summed E-state index contributed by atoms with van der Waals surface area (Å²) in [7, 11) is 1.51. The van der Waals surface area contributed by atoms with Gasteiger partial charge in [-0.1, -0.05) is 18.2 Å². The van der Waals surface area contributed by atoms with Gasteiger partial charge in [0.2, 0.25) is 0 Å². The van der Waals surface area contributed by atoms with Crippen LogP contribution in [0.15, 0.2) is 88.0 Å². The molecule has 0 amide bonds. The monoisotopic (exact) mass is 331 g/mol. The Kier molecular flexibility index (Phi) is 5.16. The van der Waals surface area contributed by atoms with Gasteiger partial charge in [0, 0.05) is 6.21 Å². The molecule has 5 heteroatoms. The first-order valence-corrected chi connectivity index (χ1v) is 7.72. The Morgan fingerprint density at radius 1 is 0.800 bits per heavy atom. The van der Waals surface area contributed by atoms with E-state index in [1.54, 1.807) is 18.3 Å². The number of azo groups is 1. The summed E-state index contributed by atoms with van der Waals surface area (Å²) in [5.41, 5.74) is 3.13. The van der Waals surface area contributed by atoms with E-state index in [-0.39, 0.29) is 5.75 Å². The maximum atomic E-state index is 9.77. The highest BCUT2D eigenvalue weighted by Gasteiger charge is 2.00. The Balaban J connectivity index is 1.68. The number of hydrogen-bond donors (Lipinski definition) is 1. The van der Waals surface area contributed by atoms with Crippen LogP contribution in [-0.2, 0) is 0 Å². The maximum absolute atomic E-state index is 9.77. The smallest absolute Gasteiger partial charge is 0.160 e. The first-order valence-electron chi connectivity index (χ1n) is 7.72. The molecule has 0 aliphatic rings. The number of aliphatic imine (C=N–C) groups is 1. The summed E-state index contributed by atoms with van der Waals surface area (Å²) >= 11 is 0. The number of hydrogen-bond acceptors (Lipinski definition) is 5. The summed E-state index contributed by atoms with van der Waals surface area (Å²) in [6.07, 6.45) is 1.68. The fourth-order valence-electron chi connectivity index (χ4n) is 2.15. The van der Waals surface area contributed by atoms with Gasteiger partial charge in [-0.2, -0.15) is 10.2 Å². The lowest BCUT2D eigenvalue weighted by molar-refractivity contribution is 0.373. The molecule has 0 unspecified atom stereocenters. The normalized spacial score (nSPS) is 11.2. The van der Waals surface area contributed by atoms with Gasteiger partial charge in [0.05, 0.1) is 24.2 Å². The average molecular weight is 331 g/mol. The van der Waals surface area contributed by atoms with Gasteiger partial charge in [-0.05, 0) is 60.2 Å². The second kappa shape index (κ2) is 7.88. The Bertz CT molecular complexity index is 889. The van der Waals surface area contributed by atoms with E-state index in [4.69, 9.17) is 4.74 Å². The van der Waals surface area contributed by atoms with Crippen molar-refractivity contribution >= 4 is 23.3 Å². The highest BCUT2D eigenvalue weighted by atomic mass is 16.5. The summed E-state index contributed by atoms with van der Waals surface area (Å²) < 4.78 is 5.02. The standard InChI is InChI=1S/C20H17N3O2/c1-25-20-12-7-15(13-19(20)24)14-21-16-8-10-18(11-9-16)23-22-17-5-3-2-4-6-17/h2-14,24H,1H3. The first kappa shape index (κ1) is 16.4. The van der Waals surface area contributed by atoms with E-state index in [1.807, 2.05) is 60.7 Å². The average Bonchev–Trinajstić information content (AvgIpc) is 2.66. The van der Waals surface area contributed by atoms with Crippen LogP contribution in [0.2, 0.25) is 0 Å². The second-order valence-electron chi connectivity index (χ2n) is 5.24. The third-order valence-electron chi connectivity index (χ3n) is 3.45. The largest absolute Gasteiger partial charge is 0.504 e. The molecule has 0 saturated carbocycles. The predicted octanol–water partition coefficient (Wildman–Crippen LogP) is 5.57. The highest BCUT2D eigenvalue weighted by Crippen LogP contribution is 2.26. The third-order valence-corrected chi connectivity index (χ3v) is 3.45. The van der Waals surface area contributed by atoms with Crippen LogP contribution in [-0.4, -0.2) is 18.4 Å². The molecule has 3 aromatic carbocycles. The van der Waals surface area contributed by atoms with Gasteiger partial charge >= 0.3 is 0 Å². The molecule has 124 valence electrons. The van der Waals surface area contributed by atoms with Crippen LogP contribution in [0.4, 0.5) is 17.1 Å². The fraction of sp³-hybridized carbons (Fsp3) is 0.0500. The molecule has 0 aromatic heterocycles. The summed E-state index contributed by atoms with van der Waals surface area (Å²) in [6.45, 7) is 0. The van der Waals surface area contributed by atoms with E-state index in [9.17, 15) is 5.11 Å². The topological polar surface area (TPSA) is 66.5 Å². The Hall–Kier alpha value is -3.47. The molecule has 0 heterocycles. The van der Waals surface area contributed by atoms with Crippen molar-refractivity contribution in [3.05, 3.63) is 78.4 Å². The molecule has 3 rings (SSSR count). The number of benzene rings is 3. The Morgan fingerprint density at radius 2 is 1.44 bits per heavy atom. The van der Waals surface area contributed by atoms with Gasteiger partial charge < -0.3 is 9.84 Å². The zero-order valence-corrected chi connectivity index (χ0v) is 13.7. The minimum absolute atomic E-state index is 0.0862. The van der Waals surface area contributed by atoms with Gasteiger partial charge in [-0.15, -0.1) is 0 Å². The van der Waals surface area contributed by atoms with E-state index in [2.05, 4.69) is 15.2 Å². The van der Waals surface area contributed by atoms with Crippen LogP contribution in [0.3, 0.4) is 0 Å². The van der Waals surface area contributed by atoms with E-state index in [1.165, 1.54) is 7.11 Å². The highest BCUT2D eigenvalue weighted by molar-refractivity contribution is 5.83. The minimum Gasteiger partial charge on any atom is -0.504 e. The minimum atomic E-state index is 0.0862. The molecule has 1 N–H and O–H groups in total. The number of ether oxygens (including phenoxy) is 1. The Morgan fingerprint density at radius 3 is 2.08 bits per heavy atom. The number of nitrogens with zero attached hydrogens (tertiary/aromatic N) is 3. The van der Waals surface area contributed by atoms with Crippen LogP contribution < -0.4 is 4.74 Å². The molecular weight excluding hydrogens is 314 g/mol. The summed E-state index contributed by atoms with van der Waals surface area (Å²) in [5, 5.41) is 18.1. The van der Waals surface area contributed by atoms with Gasteiger partial charge in [-0.3, -0.25) is 4.99 Å². The SMILES string of the molecule is COc1ccc(C=Nc2ccc(N=Nc3ccccc3)cc2)cc1O. The van der Waals surface area contributed by atoms with Crippen LogP contribution in [0.1, 0.15) is 5.56 Å². The lowest BCUT2D eigenvalue weighted by atomic mass is 10.2. The molecule has 0 fully saturated rings. The van der Waals surface area contributed by atoms with Crippen molar-refractivity contribution in [1.82, 2.24) is 0 Å². The zero-order chi connectivity index (χ0) is 17.5. The van der Waals surface area contributed by atoms with E-state index >= 15 is 0 Å². The van der Waals surface area contributed by atoms with Crippen molar-refractivity contribution in [2.75, 3.05) is 7.11 Å². The molecule has 0 aliphatic carbocycles. The van der Waals surface area contributed by atoms with Crippen molar-refractivity contribution in [2.45, 2.75) is 0 Å². The zero-order valence-electron chi connectivity index (χ0n) is 13.7. The molecular formula is C20H17N3O2. The molecule has 0 bridgehead atoms. The maximum Gasteiger partial charge on any atom is 0.160 e. The van der Waals surface area contributed by atoms with Crippen LogP contribution >= 0.6 is 0 Å². The lowest BCUT2D eigenvalue weighted by Crippen LogP contribution is -1.86. The third kappa shape index (κ3) is 4.51. The molecule has 25 heavy (non-hydrogen) atoms. The van der Waals surface area contributed by atoms with Crippen molar-refractivity contribution < 1.29 is 9.84 Å². The van der Waals surface area contributed by atoms with Gasteiger partial charge in [0.1, 0.15) is 0 Å². The summed E-state index contributed by atoms with van der Waals surface area (Å²) in [5.74, 6) is 0.522. The van der Waals surface area contributed by atoms with Crippen LogP contribution in [0.25, 0.3) is 0 Å². The van der Waals surface area contributed by atoms with Crippen molar-refractivity contribution in [3.63, 3.8) is 0 Å². The number of phenolic OH excluding ortho intramolecular Hbond substituents is 1. The van der Waals surface area contributed by atoms with E-state index in [0.717, 1.165) is 22.6 Å². The lowest BCUT2D eigenvalue weighted by Gasteiger charge is -2.03. The molecule has 0 aliphatic heterocycles. The Labute approximate surface area is 146 Å². The second-order valence-corrected chi connectivity index (χ2v) is 5.24. The van der Waals surface area contributed by atoms with Crippen LogP contribution in [0, 0.1) is 0 Å². The number of aromatic hydroxyl groups is 1. The van der Waals surface area contributed by atoms with E-state index in [0.29, 0.717) is 5.75 Å². The fourth-order valence-corrected chi connectivity index (χ4v) is 2.15. The van der Waals surface area contributed by atoms with Gasteiger partial charge in [-0.25, -0.2) is 0 Å². The van der Waals surface area contributed by atoms with Crippen molar-refractivity contribution in [3.8, 4) is 11.5 Å². The summed E-state index contributed by atoms with van der Waals surface area (Å²) in [6, 6.07) is 22.1. The molecule has 5 nitrogen and oxygen atoms in total. The number of phenols is 1. The molecule has 0 radical (unpaired) electrons. The predicted molar refractivity (Wildman–Crippen MR) is 99.0 cm³/mol. The molecule has 0 atom stereocenters. The first-order chi connectivity index (χ1) is 12.2. The number of methoxy groups -OCH3 is 1. The molecule has 0 spiro atoms. The van der Waals surface area contributed by atoms with Gasteiger partial charge in [0.25, 0.3) is 0 Å². The quantitative estimate of drug-likeness (QED) is 0.491. The van der Waals surface area contributed by atoms with E-state index < -0.39 is 0 Å².